The van der Waals surface area contributed by atoms with Crippen LogP contribution in [0.15, 0.2) is 18.2 Å². The Bertz CT molecular complexity index is 374. The molecule has 1 aliphatic rings. The number of carbonyl (C=O) groups excluding carboxylic acids is 1. The van der Waals surface area contributed by atoms with Gasteiger partial charge in [-0.2, -0.15) is 0 Å². The minimum Gasteiger partial charge on any atom is -0.341 e. The predicted molar refractivity (Wildman–Crippen MR) is 54.5 cm³/mol. The molecule has 0 bridgehead atoms. The summed E-state index contributed by atoms with van der Waals surface area (Å²) in [5, 5.41) is 0. The first-order valence-electron chi connectivity index (χ1n) is 4.75. The number of rotatable bonds is 1. The molecule has 1 aliphatic heterocycles. The summed E-state index contributed by atoms with van der Waals surface area (Å²) in [6.07, 6.45) is 0.524. The standard InChI is InChI=1S/C11H14N2O/c1-13-7-10-4-8(6-12)2-3-9(10)5-11(13)14/h2-4H,5-7,12H2,1H3. The third kappa shape index (κ3) is 1.51. The molecule has 3 nitrogen and oxygen atoms in total. The lowest BCUT2D eigenvalue weighted by atomic mass is 9.97. The average molecular weight is 190 g/mol. The van der Waals surface area contributed by atoms with Crippen LogP contribution in [0, 0.1) is 0 Å². The third-order valence-corrected chi connectivity index (χ3v) is 2.68. The number of hydrogen-bond acceptors (Lipinski definition) is 2. The number of nitrogens with zero attached hydrogens (tertiary/aromatic N) is 1. The van der Waals surface area contributed by atoms with Crippen molar-refractivity contribution in [3.05, 3.63) is 34.9 Å². The van der Waals surface area contributed by atoms with Gasteiger partial charge in [-0.25, -0.2) is 0 Å². The van der Waals surface area contributed by atoms with Crippen LogP contribution in [-0.2, 0) is 24.3 Å². The zero-order valence-electron chi connectivity index (χ0n) is 8.29. The highest BCUT2D eigenvalue weighted by molar-refractivity contribution is 5.80. The summed E-state index contributed by atoms with van der Waals surface area (Å²) >= 11 is 0. The van der Waals surface area contributed by atoms with Gasteiger partial charge in [-0.3, -0.25) is 4.79 Å². The Morgan fingerprint density at radius 3 is 2.93 bits per heavy atom. The summed E-state index contributed by atoms with van der Waals surface area (Å²) in [6, 6.07) is 6.11. The molecule has 14 heavy (non-hydrogen) atoms. The zero-order valence-corrected chi connectivity index (χ0v) is 8.29. The fourth-order valence-electron chi connectivity index (χ4n) is 1.77. The Labute approximate surface area is 83.5 Å². The molecule has 1 aromatic carbocycles. The van der Waals surface area contributed by atoms with Crippen LogP contribution in [0.5, 0.6) is 0 Å². The maximum absolute atomic E-state index is 11.4. The number of likely N-dealkylation sites (N-methyl/N-ethyl adjacent to an activating group) is 1. The van der Waals surface area contributed by atoms with E-state index < -0.39 is 0 Å². The molecule has 0 saturated carbocycles. The molecule has 0 saturated heterocycles. The van der Waals surface area contributed by atoms with E-state index in [4.69, 9.17) is 5.73 Å². The molecule has 0 radical (unpaired) electrons. The largest absolute Gasteiger partial charge is 0.341 e. The van der Waals surface area contributed by atoms with Gasteiger partial charge >= 0.3 is 0 Å². The van der Waals surface area contributed by atoms with Crippen molar-refractivity contribution in [2.75, 3.05) is 7.05 Å². The van der Waals surface area contributed by atoms with Crippen LogP contribution < -0.4 is 5.73 Å². The zero-order chi connectivity index (χ0) is 10.1. The summed E-state index contributed by atoms with van der Waals surface area (Å²) in [5.41, 5.74) is 9.07. The van der Waals surface area contributed by atoms with Crippen molar-refractivity contribution in [3.8, 4) is 0 Å². The molecule has 0 atom stereocenters. The Morgan fingerprint density at radius 2 is 2.21 bits per heavy atom. The molecule has 3 heteroatoms. The van der Waals surface area contributed by atoms with E-state index >= 15 is 0 Å². The predicted octanol–water partition coefficient (Wildman–Crippen LogP) is 0.660. The monoisotopic (exact) mass is 190 g/mol. The van der Waals surface area contributed by atoms with Crippen LogP contribution in [0.2, 0.25) is 0 Å². The van der Waals surface area contributed by atoms with Gasteiger partial charge in [0.15, 0.2) is 0 Å². The fourth-order valence-corrected chi connectivity index (χ4v) is 1.77. The first-order chi connectivity index (χ1) is 6.70. The van der Waals surface area contributed by atoms with Crippen molar-refractivity contribution < 1.29 is 4.79 Å². The normalized spacial score (nSPS) is 15.6. The number of fused-ring (bicyclic) bond motifs is 1. The van der Waals surface area contributed by atoms with Gasteiger partial charge in [0.2, 0.25) is 5.91 Å². The molecule has 2 N–H and O–H groups in total. The molecule has 1 amide bonds. The van der Waals surface area contributed by atoms with E-state index in [1.165, 1.54) is 5.56 Å². The first kappa shape index (κ1) is 9.21. The van der Waals surface area contributed by atoms with E-state index in [0.717, 1.165) is 11.1 Å². The van der Waals surface area contributed by atoms with Crippen molar-refractivity contribution in [2.24, 2.45) is 5.73 Å². The molecule has 0 aliphatic carbocycles. The smallest absolute Gasteiger partial charge is 0.227 e. The average Bonchev–Trinajstić information content (AvgIpc) is 2.19. The van der Waals surface area contributed by atoms with Crippen LogP contribution in [0.25, 0.3) is 0 Å². The molecule has 74 valence electrons. The van der Waals surface area contributed by atoms with Crippen LogP contribution in [-0.4, -0.2) is 17.9 Å². The topological polar surface area (TPSA) is 46.3 Å². The summed E-state index contributed by atoms with van der Waals surface area (Å²) in [6.45, 7) is 1.27. The van der Waals surface area contributed by atoms with Crippen molar-refractivity contribution in [1.82, 2.24) is 4.90 Å². The van der Waals surface area contributed by atoms with Gasteiger partial charge in [0.25, 0.3) is 0 Å². The van der Waals surface area contributed by atoms with E-state index in [2.05, 4.69) is 6.07 Å². The minimum absolute atomic E-state index is 0.193. The summed E-state index contributed by atoms with van der Waals surface area (Å²) in [7, 11) is 1.83. The van der Waals surface area contributed by atoms with Crippen molar-refractivity contribution in [3.63, 3.8) is 0 Å². The lowest BCUT2D eigenvalue weighted by Gasteiger charge is -2.25. The fraction of sp³-hybridized carbons (Fsp3) is 0.364. The van der Waals surface area contributed by atoms with Gasteiger partial charge in [0.05, 0.1) is 6.42 Å². The Hall–Kier alpha value is -1.35. The number of benzene rings is 1. The maximum atomic E-state index is 11.4. The van der Waals surface area contributed by atoms with E-state index in [0.29, 0.717) is 19.5 Å². The second-order valence-electron chi connectivity index (χ2n) is 3.73. The highest BCUT2D eigenvalue weighted by Gasteiger charge is 2.19. The van der Waals surface area contributed by atoms with Gasteiger partial charge < -0.3 is 10.6 Å². The lowest BCUT2D eigenvalue weighted by Crippen LogP contribution is -2.32. The van der Waals surface area contributed by atoms with E-state index in [1.54, 1.807) is 4.90 Å². The number of nitrogens with two attached hydrogens (primary N) is 1. The molecular formula is C11H14N2O. The van der Waals surface area contributed by atoms with E-state index in [1.807, 2.05) is 19.2 Å². The van der Waals surface area contributed by atoms with E-state index in [-0.39, 0.29) is 5.91 Å². The van der Waals surface area contributed by atoms with Gasteiger partial charge in [0, 0.05) is 20.1 Å². The van der Waals surface area contributed by atoms with Gasteiger partial charge in [0.1, 0.15) is 0 Å². The number of carbonyl (C=O) groups is 1. The molecule has 1 aromatic rings. The molecule has 0 fully saturated rings. The highest BCUT2D eigenvalue weighted by atomic mass is 16.2. The molecule has 0 aromatic heterocycles. The first-order valence-corrected chi connectivity index (χ1v) is 4.75. The molecule has 2 rings (SSSR count). The SMILES string of the molecule is CN1Cc2cc(CN)ccc2CC1=O. The molecule has 0 spiro atoms. The summed E-state index contributed by atoms with van der Waals surface area (Å²) in [4.78, 5) is 13.2. The van der Waals surface area contributed by atoms with Crippen LogP contribution in [0.1, 0.15) is 16.7 Å². The third-order valence-electron chi connectivity index (χ3n) is 2.68. The number of amides is 1. The van der Waals surface area contributed by atoms with Crippen molar-refractivity contribution >= 4 is 5.91 Å². The van der Waals surface area contributed by atoms with Crippen molar-refractivity contribution in [2.45, 2.75) is 19.5 Å². The molecule has 0 unspecified atom stereocenters. The van der Waals surface area contributed by atoms with Crippen LogP contribution in [0.4, 0.5) is 0 Å². The molecular weight excluding hydrogens is 176 g/mol. The number of hydrogen-bond donors (Lipinski definition) is 1. The van der Waals surface area contributed by atoms with E-state index in [9.17, 15) is 4.79 Å². The second-order valence-corrected chi connectivity index (χ2v) is 3.73. The summed E-state index contributed by atoms with van der Waals surface area (Å²) in [5.74, 6) is 0.193. The van der Waals surface area contributed by atoms with Gasteiger partial charge in [-0.15, -0.1) is 0 Å². The summed E-state index contributed by atoms with van der Waals surface area (Å²) < 4.78 is 0. The highest BCUT2D eigenvalue weighted by Crippen LogP contribution is 2.19. The quantitative estimate of drug-likeness (QED) is 0.707. The minimum atomic E-state index is 0.193. The molecule has 1 heterocycles. The van der Waals surface area contributed by atoms with Gasteiger partial charge in [-0.1, -0.05) is 18.2 Å². The van der Waals surface area contributed by atoms with Crippen LogP contribution >= 0.6 is 0 Å². The van der Waals surface area contributed by atoms with Crippen molar-refractivity contribution in [1.29, 1.82) is 0 Å². The second kappa shape index (κ2) is 3.42. The maximum Gasteiger partial charge on any atom is 0.227 e. The Kier molecular flexibility index (Phi) is 2.25. The lowest BCUT2D eigenvalue weighted by molar-refractivity contribution is -0.130. The Morgan fingerprint density at radius 1 is 1.43 bits per heavy atom. The Balaban J connectivity index is 2.37. The van der Waals surface area contributed by atoms with Crippen LogP contribution in [0.3, 0.4) is 0 Å². The van der Waals surface area contributed by atoms with Gasteiger partial charge in [-0.05, 0) is 16.7 Å².